The van der Waals surface area contributed by atoms with Gasteiger partial charge in [-0.1, -0.05) is 0 Å². The maximum absolute atomic E-state index is 13.6. The second-order valence-corrected chi connectivity index (χ2v) is 7.60. The van der Waals surface area contributed by atoms with E-state index in [9.17, 15) is 22.0 Å². The van der Waals surface area contributed by atoms with Crippen molar-refractivity contribution < 1.29 is 22.0 Å². The third-order valence-corrected chi connectivity index (χ3v) is 5.47. The van der Waals surface area contributed by atoms with Gasteiger partial charge < -0.3 is 10.6 Å². The minimum Gasteiger partial charge on any atom is -0.369 e. The second kappa shape index (κ2) is 6.87. The van der Waals surface area contributed by atoms with Crippen LogP contribution in [-0.2, 0) is 14.8 Å². The second-order valence-electron chi connectivity index (χ2n) is 5.92. The third kappa shape index (κ3) is 3.74. The number of benzene rings is 1. The molecule has 1 fully saturated rings. The zero-order chi connectivity index (χ0) is 18.9. The number of nitrogens with two attached hydrogens (primary N) is 1. The topological polar surface area (TPSA) is 105 Å². The highest BCUT2D eigenvalue weighted by Crippen LogP contribution is 2.24. The van der Waals surface area contributed by atoms with E-state index in [4.69, 9.17) is 5.73 Å². The quantitative estimate of drug-likeness (QED) is 0.815. The molecule has 1 aliphatic rings. The van der Waals surface area contributed by atoms with Gasteiger partial charge in [-0.25, -0.2) is 22.2 Å². The van der Waals surface area contributed by atoms with E-state index in [1.165, 1.54) is 12.1 Å². The molecule has 0 spiro atoms. The maximum atomic E-state index is 13.6. The Morgan fingerprint density at radius 1 is 1.27 bits per heavy atom. The van der Waals surface area contributed by atoms with Crippen LogP contribution in [0.3, 0.4) is 0 Å². The largest absolute Gasteiger partial charge is 0.369 e. The molecule has 10 heteroatoms. The van der Waals surface area contributed by atoms with Crippen LogP contribution in [0.15, 0.2) is 41.4 Å². The number of hydrogen-bond donors (Lipinski definition) is 2. The lowest BCUT2D eigenvalue weighted by molar-refractivity contribution is -0.121. The number of nitrogens with zero attached hydrogens (tertiary/aromatic N) is 2. The van der Waals surface area contributed by atoms with E-state index in [0.29, 0.717) is 25.3 Å². The van der Waals surface area contributed by atoms with Gasteiger partial charge in [-0.05, 0) is 30.7 Å². The number of aromatic nitrogens is 1. The number of nitrogens with one attached hydrogen (secondary N) is 1. The molecule has 3 N–H and O–H groups in total. The summed E-state index contributed by atoms with van der Waals surface area (Å²) in [5, 5.41) is 0. The van der Waals surface area contributed by atoms with Gasteiger partial charge in [0.15, 0.2) is 0 Å². The number of halogens is 2. The minimum absolute atomic E-state index is 0.199. The fraction of sp³-hybridized carbons (Fsp3) is 0.250. The number of hydrogen-bond acceptors (Lipinski definition) is 5. The molecule has 2 heterocycles. The smallest absolute Gasteiger partial charge is 0.263 e. The lowest BCUT2D eigenvalue weighted by atomic mass is 10.1. The van der Waals surface area contributed by atoms with E-state index in [1.54, 1.807) is 0 Å². The number of carbonyl (C=O) groups excluding carboxylic acids is 1. The molecule has 26 heavy (non-hydrogen) atoms. The summed E-state index contributed by atoms with van der Waals surface area (Å²) in [5.41, 5.74) is 4.80. The summed E-state index contributed by atoms with van der Waals surface area (Å²) in [4.78, 5) is 16.9. The Morgan fingerprint density at radius 3 is 2.65 bits per heavy atom. The van der Waals surface area contributed by atoms with Crippen molar-refractivity contribution in [1.29, 1.82) is 0 Å². The highest BCUT2D eigenvalue weighted by Gasteiger charge is 2.27. The maximum Gasteiger partial charge on any atom is 0.263 e. The summed E-state index contributed by atoms with van der Waals surface area (Å²) in [6, 6.07) is 5.26. The van der Waals surface area contributed by atoms with Gasteiger partial charge in [0.05, 0.1) is 11.6 Å². The summed E-state index contributed by atoms with van der Waals surface area (Å²) < 4.78 is 53.5. The molecule has 0 bridgehead atoms. The molecule has 1 amide bonds. The summed E-state index contributed by atoms with van der Waals surface area (Å²) in [6.45, 7) is 1.00. The Morgan fingerprint density at radius 2 is 2.04 bits per heavy atom. The Bertz CT molecular complexity index is 935. The number of carbonyl (C=O) groups is 1. The van der Waals surface area contributed by atoms with Crippen LogP contribution in [0, 0.1) is 17.6 Å². The standard InChI is InChI=1S/C16H16F2N4O3S/c17-11-1-3-13(18)14(7-11)21-26(24,25)12-2-4-15(20-8-12)22-6-5-10(9-22)16(19)23/h1-4,7-8,10,21H,5-6,9H2,(H2,19,23). The molecule has 1 unspecified atom stereocenters. The van der Waals surface area contributed by atoms with Crippen molar-refractivity contribution in [1.82, 2.24) is 4.98 Å². The Hall–Kier alpha value is -2.75. The van der Waals surface area contributed by atoms with Crippen LogP contribution < -0.4 is 15.4 Å². The van der Waals surface area contributed by atoms with E-state index < -0.39 is 27.3 Å². The molecule has 1 saturated heterocycles. The zero-order valence-corrected chi connectivity index (χ0v) is 14.3. The summed E-state index contributed by atoms with van der Waals surface area (Å²) in [7, 11) is -4.13. The first-order chi connectivity index (χ1) is 12.3. The van der Waals surface area contributed by atoms with Gasteiger partial charge >= 0.3 is 0 Å². The molecule has 0 radical (unpaired) electrons. The van der Waals surface area contributed by atoms with Crippen LogP contribution in [-0.4, -0.2) is 32.4 Å². The summed E-state index contributed by atoms with van der Waals surface area (Å²) in [6.07, 6.45) is 1.73. The van der Waals surface area contributed by atoms with Gasteiger partial charge in [-0.3, -0.25) is 9.52 Å². The molecule has 138 valence electrons. The molecule has 0 saturated carbocycles. The average molecular weight is 382 g/mol. The van der Waals surface area contributed by atoms with Crippen molar-refractivity contribution in [2.24, 2.45) is 11.7 Å². The molecular weight excluding hydrogens is 366 g/mol. The average Bonchev–Trinajstić information content (AvgIpc) is 3.08. The van der Waals surface area contributed by atoms with E-state index in [1.807, 2.05) is 9.62 Å². The first-order valence-electron chi connectivity index (χ1n) is 7.74. The van der Waals surface area contributed by atoms with Crippen molar-refractivity contribution in [3.63, 3.8) is 0 Å². The van der Waals surface area contributed by atoms with Crippen LogP contribution in [0.25, 0.3) is 0 Å². The Kier molecular flexibility index (Phi) is 4.77. The van der Waals surface area contributed by atoms with Gasteiger partial charge in [-0.2, -0.15) is 0 Å². The molecule has 1 aromatic carbocycles. The molecule has 1 aliphatic heterocycles. The number of rotatable bonds is 5. The van der Waals surface area contributed by atoms with Gasteiger partial charge in [0.2, 0.25) is 5.91 Å². The van der Waals surface area contributed by atoms with Gasteiger partial charge in [0.25, 0.3) is 10.0 Å². The van der Waals surface area contributed by atoms with Crippen molar-refractivity contribution in [2.45, 2.75) is 11.3 Å². The fourth-order valence-electron chi connectivity index (χ4n) is 2.70. The highest BCUT2D eigenvalue weighted by molar-refractivity contribution is 7.92. The predicted molar refractivity (Wildman–Crippen MR) is 90.9 cm³/mol. The van der Waals surface area contributed by atoms with Crippen molar-refractivity contribution in [3.8, 4) is 0 Å². The third-order valence-electron chi connectivity index (χ3n) is 4.12. The van der Waals surface area contributed by atoms with Crippen LogP contribution in [0.2, 0.25) is 0 Å². The SMILES string of the molecule is NC(=O)C1CCN(c2ccc(S(=O)(=O)Nc3cc(F)ccc3F)cn2)C1. The molecule has 2 aromatic rings. The number of anilines is 2. The van der Waals surface area contributed by atoms with E-state index in [-0.39, 0.29) is 16.7 Å². The molecular formula is C16H16F2N4O3S. The van der Waals surface area contributed by atoms with Gasteiger partial charge in [0, 0.05) is 25.4 Å². The monoisotopic (exact) mass is 382 g/mol. The molecule has 7 nitrogen and oxygen atoms in total. The van der Waals surface area contributed by atoms with Crippen molar-refractivity contribution in [2.75, 3.05) is 22.7 Å². The van der Waals surface area contributed by atoms with Gasteiger partial charge in [-0.15, -0.1) is 0 Å². The Labute approximate surface area is 148 Å². The minimum atomic E-state index is -4.13. The van der Waals surface area contributed by atoms with E-state index in [0.717, 1.165) is 24.4 Å². The van der Waals surface area contributed by atoms with Crippen LogP contribution in [0.4, 0.5) is 20.3 Å². The van der Waals surface area contributed by atoms with Crippen molar-refractivity contribution in [3.05, 3.63) is 48.2 Å². The molecule has 0 aliphatic carbocycles. The van der Waals surface area contributed by atoms with Gasteiger partial charge in [0.1, 0.15) is 22.3 Å². The lowest BCUT2D eigenvalue weighted by Crippen LogP contribution is -2.27. The van der Waals surface area contributed by atoms with Crippen LogP contribution >= 0.6 is 0 Å². The highest BCUT2D eigenvalue weighted by atomic mass is 32.2. The normalized spacial score (nSPS) is 17.3. The number of amides is 1. The summed E-state index contributed by atoms with van der Waals surface area (Å²) in [5.74, 6) is -1.81. The molecule has 1 aromatic heterocycles. The molecule has 1 atom stereocenters. The van der Waals surface area contributed by atoms with E-state index in [2.05, 4.69) is 4.98 Å². The first kappa shape index (κ1) is 18.1. The summed E-state index contributed by atoms with van der Waals surface area (Å²) >= 11 is 0. The van der Waals surface area contributed by atoms with Crippen LogP contribution in [0.1, 0.15) is 6.42 Å². The molecule has 3 rings (SSSR count). The zero-order valence-electron chi connectivity index (χ0n) is 13.5. The predicted octanol–water partition coefficient (Wildman–Crippen LogP) is 1.47. The van der Waals surface area contributed by atoms with Crippen molar-refractivity contribution >= 4 is 27.4 Å². The van der Waals surface area contributed by atoms with Crippen LogP contribution in [0.5, 0.6) is 0 Å². The van der Waals surface area contributed by atoms with E-state index >= 15 is 0 Å². The number of pyridine rings is 1. The Balaban J connectivity index is 1.77. The fourth-order valence-corrected chi connectivity index (χ4v) is 3.70. The lowest BCUT2D eigenvalue weighted by Gasteiger charge is -2.17. The number of sulfonamides is 1. The number of primary amides is 1. The first-order valence-corrected chi connectivity index (χ1v) is 9.23.